The van der Waals surface area contributed by atoms with E-state index in [2.05, 4.69) is 0 Å². The van der Waals surface area contributed by atoms with Crippen LogP contribution >= 0.6 is 0 Å². The van der Waals surface area contributed by atoms with Crippen molar-refractivity contribution in [2.75, 3.05) is 13.1 Å². The zero-order chi connectivity index (χ0) is 9.78. The van der Waals surface area contributed by atoms with Gasteiger partial charge in [-0.25, -0.2) is 4.79 Å². The minimum absolute atomic E-state index is 0.187. The lowest BCUT2D eigenvalue weighted by atomic mass is 10.1. The molecule has 3 nitrogen and oxygen atoms in total. The van der Waals surface area contributed by atoms with Crippen LogP contribution in [0.25, 0.3) is 0 Å². The van der Waals surface area contributed by atoms with Crippen molar-refractivity contribution in [2.24, 2.45) is 0 Å². The van der Waals surface area contributed by atoms with Gasteiger partial charge in [0, 0.05) is 6.54 Å². The van der Waals surface area contributed by atoms with Gasteiger partial charge in [-0.05, 0) is 20.8 Å². The molecule has 3 heteroatoms. The Morgan fingerprint density at radius 1 is 1.50 bits per heavy atom. The molecule has 0 radical (unpaired) electrons. The lowest BCUT2D eigenvalue weighted by Gasteiger charge is -2.13. The second-order valence-corrected chi connectivity index (χ2v) is 3.14. The molecule has 1 amide bonds. The molecular weight excluding hydrogens is 154 g/mol. The Morgan fingerprint density at radius 2 is 2.00 bits per heavy atom. The van der Waals surface area contributed by atoms with E-state index in [1.807, 2.05) is 34.6 Å². The largest absolute Gasteiger partial charge is 0.441 e. The van der Waals surface area contributed by atoms with Crippen LogP contribution in [0.1, 0.15) is 34.6 Å². The molecule has 0 atom stereocenters. The van der Waals surface area contributed by atoms with Gasteiger partial charge in [-0.2, -0.15) is 0 Å². The predicted octanol–water partition coefficient (Wildman–Crippen LogP) is 2.26. The number of cyclic esters (lactones) is 1. The first-order chi connectivity index (χ1) is 5.55. The topological polar surface area (TPSA) is 29.5 Å². The Bertz CT molecular complexity index is 155. The Labute approximate surface area is 74.7 Å². The number of likely N-dealkylation sites (N-methyl/N-ethyl adjacent to an activating group) is 1. The van der Waals surface area contributed by atoms with Gasteiger partial charge in [0.15, 0.2) is 0 Å². The van der Waals surface area contributed by atoms with Crippen molar-refractivity contribution >= 4 is 6.09 Å². The fourth-order valence-corrected chi connectivity index (χ4v) is 1.10. The van der Waals surface area contributed by atoms with Gasteiger partial charge in [-0.3, -0.25) is 0 Å². The zero-order valence-electron chi connectivity index (χ0n) is 8.68. The molecule has 0 aromatic carbocycles. The van der Waals surface area contributed by atoms with Crippen molar-refractivity contribution < 1.29 is 9.53 Å². The number of carbonyl (C=O) groups is 1. The molecule has 1 aliphatic heterocycles. The first-order valence-corrected chi connectivity index (χ1v) is 4.53. The van der Waals surface area contributed by atoms with Crippen LogP contribution in [-0.4, -0.2) is 29.7 Å². The molecule has 0 spiro atoms. The normalized spacial score (nSPS) is 19.8. The van der Waals surface area contributed by atoms with E-state index in [4.69, 9.17) is 4.74 Å². The maximum absolute atomic E-state index is 10.9. The number of ether oxygens (including phenoxy) is 1. The molecule has 0 N–H and O–H groups in total. The monoisotopic (exact) mass is 173 g/mol. The van der Waals surface area contributed by atoms with Crippen molar-refractivity contribution in [1.82, 2.24) is 4.90 Å². The molecule has 1 heterocycles. The van der Waals surface area contributed by atoms with E-state index in [-0.39, 0.29) is 11.7 Å². The highest BCUT2D eigenvalue weighted by molar-refractivity contribution is 5.70. The van der Waals surface area contributed by atoms with Crippen LogP contribution in [0.2, 0.25) is 0 Å². The molecule has 0 bridgehead atoms. The summed E-state index contributed by atoms with van der Waals surface area (Å²) in [7, 11) is 0. The van der Waals surface area contributed by atoms with Crippen LogP contribution < -0.4 is 0 Å². The molecule has 1 rings (SSSR count). The van der Waals surface area contributed by atoms with Gasteiger partial charge >= 0.3 is 6.09 Å². The van der Waals surface area contributed by atoms with Crippen LogP contribution in [0.5, 0.6) is 0 Å². The zero-order valence-corrected chi connectivity index (χ0v) is 8.68. The maximum Gasteiger partial charge on any atom is 0.410 e. The summed E-state index contributed by atoms with van der Waals surface area (Å²) in [6.45, 7) is 11.2. The minimum Gasteiger partial charge on any atom is -0.441 e. The maximum atomic E-state index is 10.9. The molecule has 1 saturated heterocycles. The second kappa shape index (κ2) is 4.33. The lowest BCUT2D eigenvalue weighted by Crippen LogP contribution is -2.28. The molecule has 0 aromatic rings. The number of carbonyl (C=O) groups excluding carboxylic acids is 1. The van der Waals surface area contributed by atoms with E-state index in [0.717, 1.165) is 6.54 Å². The first-order valence-electron chi connectivity index (χ1n) is 4.53. The minimum atomic E-state index is -0.285. The first kappa shape index (κ1) is 11.3. The third-order valence-corrected chi connectivity index (χ3v) is 1.58. The second-order valence-electron chi connectivity index (χ2n) is 3.14. The smallest absolute Gasteiger partial charge is 0.410 e. The van der Waals surface area contributed by atoms with Gasteiger partial charge in [0.1, 0.15) is 5.60 Å². The highest BCUT2D eigenvalue weighted by atomic mass is 16.6. The van der Waals surface area contributed by atoms with Gasteiger partial charge in [-0.1, -0.05) is 13.8 Å². The standard InChI is InChI=1S/C7H13NO2.C2H6/c1-4-8-5-7(2,3)10-6(8)9;1-2/h4-5H2,1-3H3;1-2H3. The molecule has 0 unspecified atom stereocenters. The van der Waals surface area contributed by atoms with Crippen LogP contribution in [0.3, 0.4) is 0 Å². The summed E-state index contributed by atoms with van der Waals surface area (Å²) in [5.41, 5.74) is -0.285. The number of nitrogens with zero attached hydrogens (tertiary/aromatic N) is 1. The lowest BCUT2D eigenvalue weighted by molar-refractivity contribution is 0.0860. The Kier molecular flexibility index (Phi) is 4.07. The summed E-state index contributed by atoms with van der Waals surface area (Å²) < 4.78 is 5.04. The third kappa shape index (κ3) is 2.72. The highest BCUT2D eigenvalue weighted by Crippen LogP contribution is 2.20. The van der Waals surface area contributed by atoms with E-state index >= 15 is 0 Å². The van der Waals surface area contributed by atoms with Crippen molar-refractivity contribution in [1.29, 1.82) is 0 Å². The van der Waals surface area contributed by atoms with Crippen LogP contribution in [-0.2, 0) is 4.74 Å². The molecule has 0 aliphatic carbocycles. The molecule has 72 valence electrons. The van der Waals surface area contributed by atoms with E-state index in [1.165, 1.54) is 0 Å². The van der Waals surface area contributed by atoms with Gasteiger partial charge < -0.3 is 9.64 Å². The average Bonchev–Trinajstić information content (AvgIpc) is 2.28. The summed E-state index contributed by atoms with van der Waals surface area (Å²) in [5.74, 6) is 0. The molecule has 1 fully saturated rings. The molecule has 0 aromatic heterocycles. The van der Waals surface area contributed by atoms with Crippen molar-refractivity contribution in [3.8, 4) is 0 Å². The quantitative estimate of drug-likeness (QED) is 0.608. The molecular formula is C9H19NO2. The summed E-state index contributed by atoms with van der Waals surface area (Å²) in [6.07, 6.45) is -0.187. The van der Waals surface area contributed by atoms with Gasteiger partial charge in [-0.15, -0.1) is 0 Å². The summed E-state index contributed by atoms with van der Waals surface area (Å²) in [4.78, 5) is 12.6. The fourth-order valence-electron chi connectivity index (χ4n) is 1.10. The Hall–Kier alpha value is -0.730. The molecule has 0 saturated carbocycles. The van der Waals surface area contributed by atoms with Gasteiger partial charge in [0.2, 0.25) is 0 Å². The van der Waals surface area contributed by atoms with E-state index in [1.54, 1.807) is 4.90 Å². The van der Waals surface area contributed by atoms with Crippen molar-refractivity contribution in [3.63, 3.8) is 0 Å². The van der Waals surface area contributed by atoms with Gasteiger partial charge in [0.05, 0.1) is 6.54 Å². The fraction of sp³-hybridized carbons (Fsp3) is 0.889. The Morgan fingerprint density at radius 3 is 2.17 bits per heavy atom. The van der Waals surface area contributed by atoms with Crippen molar-refractivity contribution in [2.45, 2.75) is 40.2 Å². The van der Waals surface area contributed by atoms with Crippen LogP contribution in [0.15, 0.2) is 0 Å². The highest BCUT2D eigenvalue weighted by Gasteiger charge is 2.36. The summed E-state index contributed by atoms with van der Waals surface area (Å²) in [6, 6.07) is 0. The van der Waals surface area contributed by atoms with Gasteiger partial charge in [0.25, 0.3) is 0 Å². The van der Waals surface area contributed by atoms with Crippen LogP contribution in [0.4, 0.5) is 4.79 Å². The molecule has 12 heavy (non-hydrogen) atoms. The van der Waals surface area contributed by atoms with E-state index in [0.29, 0.717) is 6.54 Å². The van der Waals surface area contributed by atoms with E-state index in [9.17, 15) is 4.79 Å². The third-order valence-electron chi connectivity index (χ3n) is 1.58. The number of hydrogen-bond donors (Lipinski definition) is 0. The molecule has 1 aliphatic rings. The van der Waals surface area contributed by atoms with E-state index < -0.39 is 0 Å². The predicted molar refractivity (Wildman–Crippen MR) is 49.2 cm³/mol. The number of rotatable bonds is 1. The number of amides is 1. The Balaban J connectivity index is 0.000000561. The van der Waals surface area contributed by atoms with Crippen molar-refractivity contribution in [3.05, 3.63) is 0 Å². The van der Waals surface area contributed by atoms with Crippen LogP contribution in [0, 0.1) is 0 Å². The average molecular weight is 173 g/mol. The summed E-state index contributed by atoms with van der Waals surface area (Å²) >= 11 is 0. The SMILES string of the molecule is CC.CCN1CC(C)(C)OC1=O. The summed E-state index contributed by atoms with van der Waals surface area (Å²) in [5, 5.41) is 0. The number of hydrogen-bond acceptors (Lipinski definition) is 2.